The zero-order chi connectivity index (χ0) is 29.3. The summed E-state index contributed by atoms with van der Waals surface area (Å²) in [5.41, 5.74) is 11.5. The number of aromatic hydroxyl groups is 1. The standard InChI is InChI=1S/C30H29N9O2/c1-17-10-21(13-22(11-17)30(41)38(4)15-20-6-5-7-23(40)12-20)25-26-18(2)8-9-39(26)37-28(36-25)19(3)35-29-24(14-31)27(32)33-16-34-29/h5-13,16,19,40H,15H2,1-4H3,(H3,32,33,34,35)/t19-/m0/s1. The normalized spacial score (nSPS) is 11.7. The SMILES string of the molecule is Cc1cc(C(=O)N(C)Cc2cccc(O)c2)cc(-c2nc([C@H](C)Nc3ncnc(N)c3C#N)nn3ccc(C)c23)c1. The molecule has 0 aliphatic rings. The van der Waals surface area contributed by atoms with Crippen LogP contribution in [0.2, 0.25) is 0 Å². The van der Waals surface area contributed by atoms with Crippen LogP contribution in [0.1, 0.15) is 51.4 Å². The van der Waals surface area contributed by atoms with Gasteiger partial charge in [-0.25, -0.2) is 19.5 Å². The summed E-state index contributed by atoms with van der Waals surface area (Å²) in [6, 6.07) is 16.1. The van der Waals surface area contributed by atoms with E-state index >= 15 is 0 Å². The minimum Gasteiger partial charge on any atom is -0.508 e. The molecule has 11 heteroatoms. The van der Waals surface area contributed by atoms with E-state index < -0.39 is 6.04 Å². The van der Waals surface area contributed by atoms with Crippen molar-refractivity contribution in [1.82, 2.24) is 29.5 Å². The number of aryl methyl sites for hydroxylation is 2. The zero-order valence-corrected chi connectivity index (χ0v) is 23.1. The topological polar surface area (TPSA) is 158 Å². The number of aromatic nitrogens is 5. The lowest BCUT2D eigenvalue weighted by molar-refractivity contribution is 0.0785. The highest BCUT2D eigenvalue weighted by Crippen LogP contribution is 2.30. The maximum Gasteiger partial charge on any atom is 0.253 e. The molecule has 11 nitrogen and oxygen atoms in total. The van der Waals surface area contributed by atoms with Crippen molar-refractivity contribution in [3.05, 3.63) is 94.7 Å². The Morgan fingerprint density at radius 2 is 2.00 bits per heavy atom. The Bertz CT molecular complexity index is 1820. The molecule has 0 aliphatic heterocycles. The van der Waals surface area contributed by atoms with Gasteiger partial charge in [-0.1, -0.05) is 12.1 Å². The Balaban J connectivity index is 1.53. The van der Waals surface area contributed by atoms with Crippen LogP contribution in [0, 0.1) is 25.2 Å². The van der Waals surface area contributed by atoms with Crippen LogP contribution >= 0.6 is 0 Å². The van der Waals surface area contributed by atoms with Crippen molar-refractivity contribution >= 4 is 23.1 Å². The predicted octanol–water partition coefficient (Wildman–Crippen LogP) is 4.41. The molecule has 5 aromatic rings. The number of nitrogens with one attached hydrogen (secondary N) is 1. The summed E-state index contributed by atoms with van der Waals surface area (Å²) in [5.74, 6) is 0.833. The molecule has 3 heterocycles. The van der Waals surface area contributed by atoms with E-state index in [9.17, 15) is 15.2 Å². The number of anilines is 2. The molecule has 1 amide bonds. The van der Waals surface area contributed by atoms with Crippen LogP contribution < -0.4 is 11.1 Å². The molecule has 0 radical (unpaired) electrons. The van der Waals surface area contributed by atoms with Gasteiger partial charge in [0.2, 0.25) is 0 Å². The number of benzene rings is 2. The van der Waals surface area contributed by atoms with E-state index in [4.69, 9.17) is 15.8 Å². The van der Waals surface area contributed by atoms with E-state index in [0.29, 0.717) is 29.4 Å². The predicted molar refractivity (Wildman–Crippen MR) is 155 cm³/mol. The Kier molecular flexibility index (Phi) is 7.22. The summed E-state index contributed by atoms with van der Waals surface area (Å²) in [6.45, 7) is 6.13. The van der Waals surface area contributed by atoms with Crippen LogP contribution in [-0.4, -0.2) is 47.5 Å². The number of amides is 1. The van der Waals surface area contributed by atoms with E-state index in [1.807, 2.05) is 63.4 Å². The summed E-state index contributed by atoms with van der Waals surface area (Å²) >= 11 is 0. The molecule has 0 saturated heterocycles. The van der Waals surface area contributed by atoms with Crippen molar-refractivity contribution in [3.63, 3.8) is 0 Å². The summed E-state index contributed by atoms with van der Waals surface area (Å²) in [7, 11) is 1.73. The van der Waals surface area contributed by atoms with Gasteiger partial charge >= 0.3 is 0 Å². The molecular formula is C30H29N9O2. The number of nitrogens with two attached hydrogens (primary N) is 1. The van der Waals surface area contributed by atoms with Gasteiger partial charge in [0.15, 0.2) is 5.82 Å². The highest BCUT2D eigenvalue weighted by atomic mass is 16.3. The first-order chi connectivity index (χ1) is 19.6. The number of carbonyl (C=O) groups is 1. The number of nitrogen functional groups attached to an aromatic ring is 1. The minimum atomic E-state index is -0.443. The molecule has 0 bridgehead atoms. The number of hydrogen-bond acceptors (Lipinski definition) is 9. The van der Waals surface area contributed by atoms with Crippen LogP contribution in [-0.2, 0) is 6.54 Å². The van der Waals surface area contributed by atoms with Gasteiger partial charge in [0, 0.05) is 30.9 Å². The van der Waals surface area contributed by atoms with E-state index in [1.165, 1.54) is 6.33 Å². The third-order valence-electron chi connectivity index (χ3n) is 6.73. The van der Waals surface area contributed by atoms with Crippen molar-refractivity contribution in [3.8, 4) is 23.1 Å². The van der Waals surface area contributed by atoms with Crippen molar-refractivity contribution in [2.24, 2.45) is 0 Å². The molecule has 0 fully saturated rings. The molecule has 4 N–H and O–H groups in total. The Morgan fingerprint density at radius 1 is 1.20 bits per heavy atom. The van der Waals surface area contributed by atoms with Gasteiger partial charge in [0.25, 0.3) is 5.91 Å². The fraction of sp³-hybridized carbons (Fsp3) is 0.200. The molecule has 1 atom stereocenters. The first-order valence-electron chi connectivity index (χ1n) is 12.9. The van der Waals surface area contributed by atoms with Crippen LogP contribution in [0.4, 0.5) is 11.6 Å². The maximum atomic E-state index is 13.5. The number of rotatable bonds is 7. The number of nitrogens with zero attached hydrogens (tertiary/aromatic N) is 7. The van der Waals surface area contributed by atoms with E-state index in [1.54, 1.807) is 34.7 Å². The number of fused-ring (bicyclic) bond motifs is 1. The highest BCUT2D eigenvalue weighted by Gasteiger charge is 2.21. The summed E-state index contributed by atoms with van der Waals surface area (Å²) in [6.07, 6.45) is 3.15. The number of phenols is 1. The number of phenolic OH excluding ortho intramolecular Hbond substituents is 1. The summed E-state index contributed by atoms with van der Waals surface area (Å²) in [5, 5.41) is 27.2. The minimum absolute atomic E-state index is 0.0845. The van der Waals surface area contributed by atoms with Crippen LogP contribution in [0.5, 0.6) is 5.75 Å². The number of nitriles is 1. The third kappa shape index (κ3) is 5.49. The molecule has 0 aliphatic carbocycles. The number of carbonyl (C=O) groups excluding carboxylic acids is 1. The van der Waals surface area contributed by atoms with Crippen molar-refractivity contribution in [2.75, 3.05) is 18.1 Å². The maximum absolute atomic E-state index is 13.5. The van der Waals surface area contributed by atoms with Crippen LogP contribution in [0.25, 0.3) is 16.8 Å². The van der Waals surface area contributed by atoms with Gasteiger partial charge in [-0.15, -0.1) is 0 Å². The molecule has 206 valence electrons. The molecule has 0 saturated carbocycles. The summed E-state index contributed by atoms with van der Waals surface area (Å²) in [4.78, 5) is 28.1. The van der Waals surface area contributed by atoms with Crippen LogP contribution in [0.3, 0.4) is 0 Å². The molecule has 0 unspecified atom stereocenters. The molecule has 0 spiro atoms. The Hall–Kier alpha value is -5.50. The fourth-order valence-corrected chi connectivity index (χ4v) is 4.73. The lowest BCUT2D eigenvalue weighted by Crippen LogP contribution is -2.26. The van der Waals surface area contributed by atoms with E-state index in [-0.39, 0.29) is 23.0 Å². The average Bonchev–Trinajstić information content (AvgIpc) is 3.32. The molecule has 3 aromatic heterocycles. The van der Waals surface area contributed by atoms with E-state index in [2.05, 4.69) is 15.3 Å². The fourth-order valence-electron chi connectivity index (χ4n) is 4.73. The van der Waals surface area contributed by atoms with Gasteiger partial charge in [-0.2, -0.15) is 10.4 Å². The Labute approximate surface area is 236 Å². The first kappa shape index (κ1) is 27.1. The molecular weight excluding hydrogens is 518 g/mol. The lowest BCUT2D eigenvalue weighted by Gasteiger charge is -2.19. The van der Waals surface area contributed by atoms with Gasteiger partial charge in [-0.05, 0) is 73.9 Å². The Morgan fingerprint density at radius 3 is 2.76 bits per heavy atom. The highest BCUT2D eigenvalue weighted by molar-refractivity contribution is 5.96. The van der Waals surface area contributed by atoms with Crippen molar-refractivity contribution in [2.45, 2.75) is 33.4 Å². The monoisotopic (exact) mass is 547 g/mol. The molecule has 41 heavy (non-hydrogen) atoms. The van der Waals surface area contributed by atoms with Crippen LogP contribution in [0.15, 0.2) is 61.1 Å². The lowest BCUT2D eigenvalue weighted by atomic mass is 10.0. The second-order valence-corrected chi connectivity index (χ2v) is 9.99. The van der Waals surface area contributed by atoms with Gasteiger partial charge < -0.3 is 21.1 Å². The second-order valence-electron chi connectivity index (χ2n) is 9.99. The largest absolute Gasteiger partial charge is 0.508 e. The first-order valence-corrected chi connectivity index (χ1v) is 12.9. The third-order valence-corrected chi connectivity index (χ3v) is 6.73. The quantitative estimate of drug-likeness (QED) is 0.268. The van der Waals surface area contributed by atoms with Gasteiger partial charge in [-0.3, -0.25) is 4.79 Å². The summed E-state index contributed by atoms with van der Waals surface area (Å²) < 4.78 is 1.77. The average molecular weight is 548 g/mol. The van der Waals surface area contributed by atoms with E-state index in [0.717, 1.165) is 27.8 Å². The second kappa shape index (κ2) is 10.9. The van der Waals surface area contributed by atoms with Crippen molar-refractivity contribution in [1.29, 1.82) is 5.26 Å². The smallest absolute Gasteiger partial charge is 0.253 e. The van der Waals surface area contributed by atoms with Gasteiger partial charge in [0.05, 0.1) is 17.3 Å². The molecule has 5 rings (SSSR count). The zero-order valence-electron chi connectivity index (χ0n) is 23.1. The van der Waals surface area contributed by atoms with Crippen molar-refractivity contribution < 1.29 is 9.90 Å². The number of hydrogen-bond donors (Lipinski definition) is 3. The van der Waals surface area contributed by atoms with Gasteiger partial charge in [0.1, 0.15) is 35.3 Å². The molecule has 2 aromatic carbocycles.